The number of hydrogen-bond donors (Lipinski definition) is 8. The van der Waals surface area contributed by atoms with E-state index in [4.69, 9.17) is 40.3 Å². The smallest absolute Gasteiger partial charge is 0.862 e. The molecule has 0 radical (unpaired) electrons. The molecular weight excluding hydrogens is 750 g/mol. The van der Waals surface area contributed by atoms with Gasteiger partial charge in [0.1, 0.15) is 54.9 Å². The van der Waals surface area contributed by atoms with Crippen LogP contribution in [0.1, 0.15) is 27.7 Å². The van der Waals surface area contributed by atoms with Gasteiger partial charge in [-0.3, -0.25) is 19.1 Å². The van der Waals surface area contributed by atoms with Crippen molar-refractivity contribution in [2.75, 3.05) is 26.3 Å². The van der Waals surface area contributed by atoms with Crippen molar-refractivity contribution in [2.24, 2.45) is 9.98 Å². The normalized spacial score (nSPS) is 31.6. The van der Waals surface area contributed by atoms with Crippen molar-refractivity contribution < 1.29 is 143 Å². The number of aliphatic imine (C=N–C) groups is 2. The van der Waals surface area contributed by atoms with Gasteiger partial charge in [-0.05, 0) is 25.0 Å². The number of ether oxygens (including phenoxy) is 4. The molecule has 0 aromatic rings. The number of rotatable bonds is 13. The van der Waals surface area contributed by atoms with E-state index in [0.717, 1.165) is 6.92 Å². The Balaban J connectivity index is 0.0000115. The predicted molar refractivity (Wildman–Crippen MR) is 155 cm³/mol. The van der Waals surface area contributed by atoms with E-state index in [2.05, 4.69) is 29.0 Å². The molecule has 2 heterocycles. The molecule has 0 bridgehead atoms. The molecule has 0 aliphatic carbocycles. The van der Waals surface area contributed by atoms with E-state index in [1.165, 1.54) is 0 Å². The number of aliphatic hydroxyl groups excluding tert-OH is 4. The monoisotopic (exact) mass is 788 g/mol. The number of nitrogens with zero attached hydrogens (tertiary/aromatic N) is 2. The van der Waals surface area contributed by atoms with Gasteiger partial charge in [-0.2, -0.15) is 16.8 Å². The molecule has 2 fully saturated rings. The fourth-order valence-corrected chi connectivity index (χ4v) is 4.96. The zero-order chi connectivity index (χ0) is 35.9. The minimum absolute atomic E-state index is 0. The zero-order valence-electron chi connectivity index (χ0n) is 27.3. The molecule has 0 spiro atoms. The quantitative estimate of drug-likeness (QED) is 0.0214. The Morgan fingerprint density at radius 2 is 1.45 bits per heavy atom. The SMILES string of the molecule is CC([O-])=N[C@@H]1[C@@H](O)[C@H](O[C@@H]2O[C@H](COS(=O)(=O)O)[C@H](O)[C@H](O)[C@H]2O)[C@@H](COS(=O)(=O)O)O[C@H]1NC(=S)NCCN=C([O-])OC(C)(C)C.[Na+].[Na+]. The third-order valence-corrected chi connectivity index (χ3v) is 7.17. The second-order valence-electron chi connectivity index (χ2n) is 11.0. The molecule has 2 saturated heterocycles. The first-order chi connectivity index (χ1) is 21.5. The topological polar surface area (TPSA) is 340 Å². The maximum absolute atomic E-state index is 12.0. The molecule has 8 N–H and O–H groups in total. The van der Waals surface area contributed by atoms with Crippen LogP contribution < -0.4 is 80.0 Å². The van der Waals surface area contributed by atoms with Crippen LogP contribution in [0.2, 0.25) is 0 Å². The standard InChI is InChI=1S/C22H40N4O18S3.2Na/c1-9(27)25-12-14(29)17(43-19-16(31)15(30)13(28)10(42-19)7-39-46(33,34)35)11(8-40-47(36,37)38)41-18(12)26-20(45)23-5-6-24-21(32)44-22(2,3)4;;/h10-19,28-31H,5-8H2,1-4H3,(H,24,32)(H,25,27)(H2,23,26,45)(H,33,34,35)(H,36,37,38);;/q;2*+1/p-2/t10-,11-,12-,13+,14-,15+,16-,17-,18-,19+;;/m1../s1. The van der Waals surface area contributed by atoms with Crippen LogP contribution in [0.25, 0.3) is 0 Å². The van der Waals surface area contributed by atoms with Gasteiger partial charge in [0.2, 0.25) is 0 Å². The van der Waals surface area contributed by atoms with Crippen molar-refractivity contribution in [2.45, 2.75) is 94.6 Å². The Bertz CT molecular complexity index is 1330. The number of nitrogens with one attached hydrogen (secondary N) is 2. The van der Waals surface area contributed by atoms with E-state index in [9.17, 15) is 47.5 Å². The van der Waals surface area contributed by atoms with Crippen molar-refractivity contribution >= 4 is 50.1 Å². The number of aliphatic hydroxyl groups is 4. The molecule has 0 aromatic heterocycles. The first kappa shape index (κ1) is 48.9. The van der Waals surface area contributed by atoms with Crippen LogP contribution in [0, 0.1) is 0 Å². The summed E-state index contributed by atoms with van der Waals surface area (Å²) < 4.78 is 92.8. The minimum atomic E-state index is -5.11. The maximum Gasteiger partial charge on any atom is 1.00 e. The van der Waals surface area contributed by atoms with E-state index >= 15 is 0 Å². The van der Waals surface area contributed by atoms with Gasteiger partial charge in [-0.1, -0.05) is 20.8 Å². The van der Waals surface area contributed by atoms with E-state index in [1.807, 2.05) is 0 Å². The molecule has 274 valence electrons. The third-order valence-electron chi connectivity index (χ3n) is 6.04. The summed E-state index contributed by atoms with van der Waals surface area (Å²) >= 11 is 5.19. The van der Waals surface area contributed by atoms with Crippen molar-refractivity contribution in [3.63, 3.8) is 0 Å². The number of hydrogen-bond acceptors (Lipinski definition) is 19. The largest absolute Gasteiger partial charge is 1.00 e. The summed E-state index contributed by atoms with van der Waals surface area (Å²) in [7, 11) is -10.2. The van der Waals surface area contributed by atoms with Crippen molar-refractivity contribution in [3.8, 4) is 0 Å². The minimum Gasteiger partial charge on any atom is -0.862 e. The average molecular weight is 789 g/mol. The van der Waals surface area contributed by atoms with Crippen LogP contribution in [-0.2, 0) is 48.1 Å². The molecule has 2 aliphatic rings. The predicted octanol–water partition coefficient (Wildman–Crippen LogP) is -11.9. The summed E-state index contributed by atoms with van der Waals surface area (Å²) in [5.41, 5.74) is -0.766. The third kappa shape index (κ3) is 17.5. The summed E-state index contributed by atoms with van der Waals surface area (Å²) in [4.78, 5) is 7.46. The maximum atomic E-state index is 12.0. The summed E-state index contributed by atoms with van der Waals surface area (Å²) in [6.45, 7) is 3.74. The molecular formula is C22H38N4Na2O18S3. The molecule has 27 heteroatoms. The molecule has 2 aliphatic heterocycles. The second kappa shape index (κ2) is 21.0. The molecule has 49 heavy (non-hydrogen) atoms. The molecule has 22 nitrogen and oxygen atoms in total. The Morgan fingerprint density at radius 1 is 0.898 bits per heavy atom. The van der Waals surface area contributed by atoms with Gasteiger partial charge >= 0.3 is 79.9 Å². The van der Waals surface area contributed by atoms with Gasteiger partial charge in [0.05, 0.1) is 19.8 Å². The van der Waals surface area contributed by atoms with Crippen molar-refractivity contribution in [1.82, 2.24) is 10.6 Å². The zero-order valence-corrected chi connectivity index (χ0v) is 33.8. The molecule has 10 atom stereocenters. The molecule has 0 saturated carbocycles. The van der Waals surface area contributed by atoms with Gasteiger partial charge in [0.15, 0.2) is 17.6 Å². The van der Waals surface area contributed by atoms with Crippen LogP contribution in [0.15, 0.2) is 9.98 Å². The Kier molecular flexibility index (Phi) is 20.9. The molecule has 0 amide bonds. The summed E-state index contributed by atoms with van der Waals surface area (Å²) in [5.74, 6) is -0.833. The van der Waals surface area contributed by atoms with Crippen LogP contribution in [-0.4, -0.2) is 157 Å². The van der Waals surface area contributed by atoms with Crippen molar-refractivity contribution in [3.05, 3.63) is 0 Å². The first-order valence-corrected chi connectivity index (χ1v) is 16.7. The summed E-state index contributed by atoms with van der Waals surface area (Å²) in [5, 5.41) is 71.0. The molecule has 0 aromatic carbocycles. The molecule has 2 rings (SSSR count). The van der Waals surface area contributed by atoms with Crippen LogP contribution >= 0.6 is 12.2 Å². The van der Waals surface area contributed by atoms with Crippen molar-refractivity contribution in [1.29, 1.82) is 0 Å². The van der Waals surface area contributed by atoms with E-state index < -0.39 is 113 Å². The Hall–Kier alpha value is -0.110. The van der Waals surface area contributed by atoms with E-state index in [-0.39, 0.29) is 77.3 Å². The fraction of sp³-hybridized carbons (Fsp3) is 0.864. The fourth-order valence-electron chi connectivity index (χ4n) is 4.13. The first-order valence-electron chi connectivity index (χ1n) is 13.6. The van der Waals surface area contributed by atoms with E-state index in [0.29, 0.717) is 0 Å². The van der Waals surface area contributed by atoms with Crippen LogP contribution in [0.5, 0.6) is 0 Å². The van der Waals surface area contributed by atoms with Gasteiger partial charge in [0, 0.05) is 12.1 Å². The van der Waals surface area contributed by atoms with Gasteiger partial charge in [0.25, 0.3) is 0 Å². The average Bonchev–Trinajstić information content (AvgIpc) is 2.91. The molecule has 0 unspecified atom stereocenters. The Labute approximate surface area is 332 Å². The van der Waals surface area contributed by atoms with E-state index in [1.54, 1.807) is 20.8 Å². The van der Waals surface area contributed by atoms with Crippen LogP contribution in [0.4, 0.5) is 0 Å². The summed E-state index contributed by atoms with van der Waals surface area (Å²) in [6.07, 6.45) is -17.8. The Morgan fingerprint density at radius 3 is 1.96 bits per heavy atom. The van der Waals surface area contributed by atoms with Gasteiger partial charge in [-0.15, -0.1) is 0 Å². The van der Waals surface area contributed by atoms with Gasteiger partial charge < -0.3 is 60.2 Å². The second-order valence-corrected chi connectivity index (χ2v) is 13.6. The van der Waals surface area contributed by atoms with Crippen LogP contribution in [0.3, 0.4) is 0 Å². The number of thiocarbonyl (C=S) groups is 1. The van der Waals surface area contributed by atoms with Gasteiger partial charge in [-0.25, -0.2) is 8.37 Å². The summed E-state index contributed by atoms with van der Waals surface area (Å²) in [6, 6.07) is -1.58.